The van der Waals surface area contributed by atoms with Gasteiger partial charge in [0.1, 0.15) is 0 Å². The van der Waals surface area contributed by atoms with Gasteiger partial charge in [0.2, 0.25) is 0 Å². The summed E-state index contributed by atoms with van der Waals surface area (Å²) in [6.45, 7) is 1.28. The Morgan fingerprint density at radius 1 is 1.10 bits per heavy atom. The Bertz CT molecular complexity index is 945. The minimum atomic E-state index is -4.42. The molecule has 0 atom stereocenters. The molecule has 1 saturated heterocycles. The SMILES string of the molecule is O=C(NCC#Cc1ccc(N2CCNC2=O)cc1)Nc1ccc(C(F)(F)F)cc1. The lowest BCUT2D eigenvalue weighted by atomic mass is 10.2. The van der Waals surface area contributed by atoms with E-state index >= 15 is 0 Å². The van der Waals surface area contributed by atoms with Crippen LogP contribution in [0.2, 0.25) is 0 Å². The van der Waals surface area contributed by atoms with E-state index in [1.54, 1.807) is 29.2 Å². The van der Waals surface area contributed by atoms with Crippen LogP contribution in [0.25, 0.3) is 0 Å². The average Bonchev–Trinajstić information content (AvgIpc) is 3.11. The number of rotatable bonds is 3. The molecule has 4 amide bonds. The van der Waals surface area contributed by atoms with Gasteiger partial charge in [-0.1, -0.05) is 11.8 Å². The number of nitrogens with one attached hydrogen (secondary N) is 3. The first kappa shape index (κ1) is 20.1. The van der Waals surface area contributed by atoms with Crippen LogP contribution in [0.5, 0.6) is 0 Å². The second kappa shape index (κ2) is 8.56. The molecule has 0 bridgehead atoms. The van der Waals surface area contributed by atoms with E-state index in [4.69, 9.17) is 0 Å². The first-order valence-electron chi connectivity index (χ1n) is 8.69. The Morgan fingerprint density at radius 2 is 1.79 bits per heavy atom. The van der Waals surface area contributed by atoms with Crippen LogP contribution in [0, 0.1) is 11.8 Å². The van der Waals surface area contributed by atoms with Crippen molar-refractivity contribution in [1.82, 2.24) is 10.6 Å². The van der Waals surface area contributed by atoms with Crippen molar-refractivity contribution in [2.45, 2.75) is 6.18 Å². The third-order valence-electron chi connectivity index (χ3n) is 4.08. The predicted molar refractivity (Wildman–Crippen MR) is 103 cm³/mol. The number of hydrogen-bond donors (Lipinski definition) is 3. The number of urea groups is 2. The lowest BCUT2D eigenvalue weighted by Crippen LogP contribution is -2.28. The fourth-order valence-corrected chi connectivity index (χ4v) is 2.63. The summed E-state index contributed by atoms with van der Waals surface area (Å²) in [5.74, 6) is 5.66. The van der Waals surface area contributed by atoms with Crippen LogP contribution in [0.1, 0.15) is 11.1 Å². The molecule has 0 radical (unpaired) electrons. The third kappa shape index (κ3) is 5.42. The zero-order valence-electron chi connectivity index (χ0n) is 15.1. The molecule has 1 heterocycles. The van der Waals surface area contributed by atoms with Crippen molar-refractivity contribution < 1.29 is 22.8 Å². The summed E-state index contributed by atoms with van der Waals surface area (Å²) >= 11 is 0. The van der Waals surface area contributed by atoms with Crippen molar-refractivity contribution in [3.05, 3.63) is 59.7 Å². The van der Waals surface area contributed by atoms with Crippen LogP contribution in [0.3, 0.4) is 0 Å². The Morgan fingerprint density at radius 3 is 2.38 bits per heavy atom. The summed E-state index contributed by atoms with van der Waals surface area (Å²) in [5.41, 5.74) is 0.952. The number of amides is 4. The minimum absolute atomic E-state index is 0.0583. The van der Waals surface area contributed by atoms with E-state index in [-0.39, 0.29) is 18.3 Å². The molecule has 2 aromatic carbocycles. The fraction of sp³-hybridized carbons (Fsp3) is 0.200. The van der Waals surface area contributed by atoms with Gasteiger partial charge in [-0.25, -0.2) is 9.59 Å². The number of carbonyl (C=O) groups is 2. The molecule has 29 heavy (non-hydrogen) atoms. The van der Waals surface area contributed by atoms with E-state index in [0.717, 1.165) is 23.4 Å². The highest BCUT2D eigenvalue weighted by atomic mass is 19.4. The van der Waals surface area contributed by atoms with Gasteiger partial charge in [0.25, 0.3) is 0 Å². The number of nitrogens with zero attached hydrogens (tertiary/aromatic N) is 1. The van der Waals surface area contributed by atoms with Gasteiger partial charge >= 0.3 is 18.2 Å². The Hall–Kier alpha value is -3.67. The van der Waals surface area contributed by atoms with Crippen LogP contribution in [-0.2, 0) is 6.18 Å². The Labute approximate surface area is 165 Å². The van der Waals surface area contributed by atoms with Crippen LogP contribution in [-0.4, -0.2) is 31.7 Å². The second-order valence-corrected chi connectivity index (χ2v) is 6.12. The van der Waals surface area contributed by atoms with E-state index in [1.807, 2.05) is 0 Å². The molecule has 0 aromatic heterocycles. The molecule has 6 nitrogen and oxygen atoms in total. The molecular weight excluding hydrogens is 385 g/mol. The third-order valence-corrected chi connectivity index (χ3v) is 4.08. The van der Waals surface area contributed by atoms with Crippen LogP contribution in [0.15, 0.2) is 48.5 Å². The number of benzene rings is 2. The standard InChI is InChI=1S/C20H17F3N4O2/c21-20(22,23)15-5-7-16(8-6-15)26-18(28)24-11-1-2-14-3-9-17(10-4-14)27-13-12-25-19(27)29/h3-10H,11-13H2,(H,25,29)(H2,24,26,28). The molecule has 1 fully saturated rings. The number of alkyl halides is 3. The van der Waals surface area contributed by atoms with Gasteiger partial charge in [0.05, 0.1) is 12.1 Å². The zero-order valence-corrected chi connectivity index (χ0v) is 15.1. The van der Waals surface area contributed by atoms with E-state index in [2.05, 4.69) is 27.8 Å². The van der Waals surface area contributed by atoms with Crippen LogP contribution >= 0.6 is 0 Å². The molecule has 1 aliphatic rings. The summed E-state index contributed by atoms with van der Waals surface area (Å²) in [5, 5.41) is 7.66. The average molecular weight is 402 g/mol. The van der Waals surface area contributed by atoms with Crippen LogP contribution in [0.4, 0.5) is 34.1 Å². The van der Waals surface area contributed by atoms with Gasteiger partial charge in [-0.2, -0.15) is 13.2 Å². The van der Waals surface area contributed by atoms with E-state index < -0.39 is 17.8 Å². The molecule has 9 heteroatoms. The first-order valence-corrected chi connectivity index (χ1v) is 8.69. The monoisotopic (exact) mass is 402 g/mol. The molecule has 3 N–H and O–H groups in total. The molecule has 3 rings (SSSR count). The number of carbonyl (C=O) groups excluding carboxylic acids is 2. The highest BCUT2D eigenvalue weighted by Gasteiger charge is 2.30. The van der Waals surface area contributed by atoms with Gasteiger partial charge < -0.3 is 16.0 Å². The maximum absolute atomic E-state index is 12.5. The Kier molecular flexibility index (Phi) is 5.93. The normalized spacial score (nSPS) is 13.3. The van der Waals surface area contributed by atoms with Gasteiger partial charge in [-0.05, 0) is 48.5 Å². The van der Waals surface area contributed by atoms with Gasteiger partial charge in [0.15, 0.2) is 0 Å². The molecule has 150 valence electrons. The van der Waals surface area contributed by atoms with Gasteiger partial charge in [0, 0.05) is 30.0 Å². The van der Waals surface area contributed by atoms with Crippen molar-refractivity contribution in [3.63, 3.8) is 0 Å². The van der Waals surface area contributed by atoms with Gasteiger partial charge in [-0.15, -0.1) is 0 Å². The van der Waals surface area contributed by atoms with Crippen molar-refractivity contribution in [2.24, 2.45) is 0 Å². The Balaban J connectivity index is 1.47. The minimum Gasteiger partial charge on any atom is -0.336 e. The molecule has 0 unspecified atom stereocenters. The smallest absolute Gasteiger partial charge is 0.336 e. The highest BCUT2D eigenvalue weighted by molar-refractivity contribution is 5.94. The molecule has 0 spiro atoms. The fourth-order valence-electron chi connectivity index (χ4n) is 2.63. The number of halogens is 3. The maximum Gasteiger partial charge on any atom is 0.416 e. The van der Waals surface area contributed by atoms with E-state index in [1.165, 1.54) is 12.1 Å². The van der Waals surface area contributed by atoms with Crippen LogP contribution < -0.4 is 20.9 Å². The topological polar surface area (TPSA) is 73.5 Å². The van der Waals surface area contributed by atoms with Crippen molar-refractivity contribution in [2.75, 3.05) is 29.9 Å². The zero-order chi connectivity index (χ0) is 20.9. The number of anilines is 2. The summed E-state index contributed by atoms with van der Waals surface area (Å²) in [6, 6.07) is 10.6. The second-order valence-electron chi connectivity index (χ2n) is 6.12. The van der Waals surface area contributed by atoms with E-state index in [0.29, 0.717) is 13.1 Å². The quantitative estimate of drug-likeness (QED) is 0.689. The lowest BCUT2D eigenvalue weighted by molar-refractivity contribution is -0.137. The molecule has 0 saturated carbocycles. The molecule has 1 aliphatic heterocycles. The summed E-state index contributed by atoms with van der Waals surface area (Å²) < 4.78 is 37.5. The van der Waals surface area contributed by atoms with E-state index in [9.17, 15) is 22.8 Å². The van der Waals surface area contributed by atoms with Crippen molar-refractivity contribution in [1.29, 1.82) is 0 Å². The predicted octanol–water partition coefficient (Wildman–Crippen LogP) is 3.41. The maximum atomic E-state index is 12.5. The lowest BCUT2D eigenvalue weighted by Gasteiger charge is -2.13. The molecule has 0 aliphatic carbocycles. The first-order chi connectivity index (χ1) is 13.8. The summed E-state index contributed by atoms with van der Waals surface area (Å²) in [4.78, 5) is 25.0. The largest absolute Gasteiger partial charge is 0.416 e. The highest BCUT2D eigenvalue weighted by Crippen LogP contribution is 2.29. The molecular formula is C20H17F3N4O2. The summed E-state index contributed by atoms with van der Waals surface area (Å²) in [7, 11) is 0. The number of hydrogen-bond acceptors (Lipinski definition) is 2. The van der Waals surface area contributed by atoms with Gasteiger partial charge in [-0.3, -0.25) is 4.90 Å². The van der Waals surface area contributed by atoms with Crippen molar-refractivity contribution >= 4 is 23.4 Å². The molecule has 2 aromatic rings. The summed E-state index contributed by atoms with van der Waals surface area (Å²) in [6.07, 6.45) is -4.42. The van der Waals surface area contributed by atoms with Crippen molar-refractivity contribution in [3.8, 4) is 11.8 Å².